The molecular weight excluding hydrogens is 308 g/mol. The number of benzene rings is 1. The first-order valence-corrected chi connectivity index (χ1v) is 10.0. The van der Waals surface area contributed by atoms with E-state index in [1.54, 1.807) is 0 Å². The third-order valence-electron chi connectivity index (χ3n) is 6.51. The van der Waals surface area contributed by atoms with E-state index in [-0.39, 0.29) is 0 Å². The molecule has 0 bridgehead atoms. The summed E-state index contributed by atoms with van der Waals surface area (Å²) in [4.78, 5) is 9.60. The number of nitrogens with one attached hydrogen (secondary N) is 1. The summed E-state index contributed by atoms with van der Waals surface area (Å²) in [6.45, 7) is 6.90. The monoisotopic (exact) mass is 340 g/mol. The molecule has 1 N–H and O–H groups in total. The zero-order valence-corrected chi connectivity index (χ0v) is 15.6. The zero-order chi connectivity index (χ0) is 17.1. The molecule has 3 aliphatic rings. The average Bonchev–Trinajstić information content (AvgIpc) is 3.08. The Morgan fingerprint density at radius 3 is 2.72 bits per heavy atom. The lowest BCUT2D eigenvalue weighted by molar-refractivity contribution is 0.151. The summed E-state index contributed by atoms with van der Waals surface area (Å²) in [5.41, 5.74) is 3.69. The van der Waals surface area contributed by atoms with Gasteiger partial charge in [-0.1, -0.05) is 30.7 Å². The van der Waals surface area contributed by atoms with Crippen molar-refractivity contribution < 1.29 is 0 Å². The molecule has 1 saturated carbocycles. The van der Waals surface area contributed by atoms with Gasteiger partial charge in [0.05, 0.1) is 0 Å². The molecular formula is C21H32N4. The van der Waals surface area contributed by atoms with E-state index in [0.29, 0.717) is 5.41 Å². The van der Waals surface area contributed by atoms with Crippen LogP contribution in [0.2, 0.25) is 0 Å². The molecule has 2 aliphatic heterocycles. The number of hydrogen-bond donors (Lipinski definition) is 1. The largest absolute Gasteiger partial charge is 0.356 e. The fraction of sp³-hybridized carbons (Fsp3) is 0.667. The Bertz CT molecular complexity index is 620. The van der Waals surface area contributed by atoms with Crippen molar-refractivity contribution >= 4 is 5.96 Å². The van der Waals surface area contributed by atoms with Gasteiger partial charge in [-0.2, -0.15) is 0 Å². The average molecular weight is 341 g/mol. The lowest BCUT2D eigenvalue weighted by atomic mass is 9.68. The third-order valence-corrected chi connectivity index (χ3v) is 6.51. The minimum atomic E-state index is 0.638. The van der Waals surface area contributed by atoms with Crippen molar-refractivity contribution in [1.82, 2.24) is 15.1 Å². The molecule has 0 amide bonds. The summed E-state index contributed by atoms with van der Waals surface area (Å²) in [7, 11) is 1.93. The van der Waals surface area contributed by atoms with Crippen molar-refractivity contribution in [3.63, 3.8) is 0 Å². The molecule has 136 valence electrons. The van der Waals surface area contributed by atoms with Gasteiger partial charge in [-0.3, -0.25) is 9.89 Å². The number of fused-ring (bicyclic) bond motifs is 1. The molecule has 25 heavy (non-hydrogen) atoms. The fourth-order valence-electron chi connectivity index (χ4n) is 4.78. The number of rotatable bonds is 4. The molecule has 4 nitrogen and oxygen atoms in total. The molecule has 0 atom stereocenters. The van der Waals surface area contributed by atoms with Gasteiger partial charge in [0.25, 0.3) is 0 Å². The second-order valence-electron chi connectivity index (χ2n) is 8.15. The highest BCUT2D eigenvalue weighted by Gasteiger charge is 2.43. The van der Waals surface area contributed by atoms with E-state index in [1.807, 2.05) is 7.05 Å². The lowest BCUT2D eigenvalue weighted by Gasteiger charge is -2.38. The first kappa shape index (κ1) is 16.9. The van der Waals surface area contributed by atoms with Crippen molar-refractivity contribution in [3.8, 4) is 0 Å². The number of nitrogens with zero attached hydrogens (tertiary/aromatic N) is 3. The van der Waals surface area contributed by atoms with Gasteiger partial charge in [0, 0.05) is 46.3 Å². The maximum absolute atomic E-state index is 4.53. The smallest absolute Gasteiger partial charge is 0.193 e. The molecule has 2 fully saturated rings. The molecule has 1 saturated heterocycles. The van der Waals surface area contributed by atoms with Crippen LogP contribution in [0.5, 0.6) is 0 Å². The van der Waals surface area contributed by atoms with Crippen molar-refractivity contribution in [3.05, 3.63) is 35.4 Å². The molecule has 0 radical (unpaired) electrons. The van der Waals surface area contributed by atoms with Gasteiger partial charge in [0.1, 0.15) is 0 Å². The predicted molar refractivity (Wildman–Crippen MR) is 104 cm³/mol. The number of likely N-dealkylation sites (tertiary alicyclic amines) is 1. The number of aliphatic imine (C=N–C) groups is 1. The van der Waals surface area contributed by atoms with Crippen molar-refractivity contribution in [2.45, 2.75) is 45.1 Å². The van der Waals surface area contributed by atoms with E-state index >= 15 is 0 Å². The molecule has 1 spiro atoms. The quantitative estimate of drug-likeness (QED) is 0.519. The second-order valence-corrected chi connectivity index (χ2v) is 8.15. The van der Waals surface area contributed by atoms with Gasteiger partial charge in [-0.25, -0.2) is 0 Å². The fourth-order valence-corrected chi connectivity index (χ4v) is 4.78. The van der Waals surface area contributed by atoms with Gasteiger partial charge in [0.2, 0.25) is 0 Å². The highest BCUT2D eigenvalue weighted by molar-refractivity contribution is 5.80. The summed E-state index contributed by atoms with van der Waals surface area (Å²) < 4.78 is 0. The van der Waals surface area contributed by atoms with Crippen molar-refractivity contribution in [1.29, 1.82) is 0 Å². The van der Waals surface area contributed by atoms with E-state index in [4.69, 9.17) is 0 Å². The third kappa shape index (κ3) is 3.69. The van der Waals surface area contributed by atoms with Crippen LogP contribution in [0, 0.1) is 5.41 Å². The van der Waals surface area contributed by atoms with Gasteiger partial charge in [-0.15, -0.1) is 0 Å². The van der Waals surface area contributed by atoms with Crippen molar-refractivity contribution in [2.75, 3.05) is 39.8 Å². The minimum absolute atomic E-state index is 0.638. The highest BCUT2D eigenvalue weighted by Crippen LogP contribution is 2.47. The standard InChI is InChI=1S/C21H32N4/c1-22-20(25-15-11-21(17-25)9-4-10-21)23-12-5-13-24-14-8-18-6-2-3-7-19(18)16-24/h2-3,6-7H,4-5,8-17H2,1H3,(H,22,23). The summed E-state index contributed by atoms with van der Waals surface area (Å²) in [5, 5.41) is 3.61. The highest BCUT2D eigenvalue weighted by atomic mass is 15.3. The van der Waals surface area contributed by atoms with Gasteiger partial charge in [0.15, 0.2) is 5.96 Å². The summed E-state index contributed by atoms with van der Waals surface area (Å²) >= 11 is 0. The van der Waals surface area contributed by atoms with E-state index in [9.17, 15) is 0 Å². The summed E-state index contributed by atoms with van der Waals surface area (Å²) in [5.74, 6) is 1.12. The van der Waals surface area contributed by atoms with E-state index in [1.165, 1.54) is 75.8 Å². The minimum Gasteiger partial charge on any atom is -0.356 e. The Morgan fingerprint density at radius 1 is 1.16 bits per heavy atom. The van der Waals surface area contributed by atoms with Gasteiger partial charge < -0.3 is 10.2 Å². The molecule has 0 unspecified atom stereocenters. The molecule has 4 heteroatoms. The zero-order valence-electron chi connectivity index (χ0n) is 15.6. The number of hydrogen-bond acceptors (Lipinski definition) is 2. The molecule has 1 aromatic rings. The molecule has 4 rings (SSSR count). The topological polar surface area (TPSA) is 30.9 Å². The second kappa shape index (κ2) is 7.36. The van der Waals surface area contributed by atoms with E-state index in [0.717, 1.165) is 19.0 Å². The SMILES string of the molecule is CN=C(NCCCN1CCc2ccccc2C1)N1CCC2(CCC2)C1. The summed E-state index contributed by atoms with van der Waals surface area (Å²) in [6.07, 6.45) is 8.02. The number of guanidine groups is 1. The Labute approximate surface area is 152 Å². The first-order valence-electron chi connectivity index (χ1n) is 10.0. The van der Waals surface area contributed by atoms with Crippen LogP contribution in [-0.2, 0) is 13.0 Å². The lowest BCUT2D eigenvalue weighted by Crippen LogP contribution is -2.43. The van der Waals surface area contributed by atoms with Crippen LogP contribution < -0.4 is 5.32 Å². The molecule has 1 aromatic carbocycles. The normalized spacial score (nSPS) is 22.8. The first-order chi connectivity index (χ1) is 12.3. The maximum atomic E-state index is 4.53. The molecule has 2 heterocycles. The van der Waals surface area contributed by atoms with Crippen LogP contribution in [0.1, 0.15) is 43.2 Å². The van der Waals surface area contributed by atoms with Crippen LogP contribution >= 0.6 is 0 Å². The van der Waals surface area contributed by atoms with Crippen LogP contribution in [0.25, 0.3) is 0 Å². The maximum Gasteiger partial charge on any atom is 0.193 e. The van der Waals surface area contributed by atoms with Gasteiger partial charge in [-0.05, 0) is 48.6 Å². The summed E-state index contributed by atoms with van der Waals surface area (Å²) in [6, 6.07) is 8.89. The van der Waals surface area contributed by atoms with Crippen LogP contribution in [0.4, 0.5) is 0 Å². The Morgan fingerprint density at radius 2 is 2.00 bits per heavy atom. The Hall–Kier alpha value is -1.55. The van der Waals surface area contributed by atoms with Crippen LogP contribution in [0.3, 0.4) is 0 Å². The van der Waals surface area contributed by atoms with Crippen molar-refractivity contribution in [2.24, 2.45) is 10.4 Å². The Balaban J connectivity index is 1.19. The van der Waals surface area contributed by atoms with Crippen LogP contribution in [-0.4, -0.2) is 55.5 Å². The van der Waals surface area contributed by atoms with E-state index in [2.05, 4.69) is 44.4 Å². The Kier molecular flexibility index (Phi) is 4.98. The molecule has 1 aliphatic carbocycles. The van der Waals surface area contributed by atoms with Gasteiger partial charge >= 0.3 is 0 Å². The molecule has 0 aromatic heterocycles. The van der Waals surface area contributed by atoms with Crippen LogP contribution in [0.15, 0.2) is 29.3 Å². The predicted octanol–water partition coefficient (Wildman–Crippen LogP) is 2.89. The van der Waals surface area contributed by atoms with E-state index < -0.39 is 0 Å².